The zero-order valence-corrected chi connectivity index (χ0v) is 22.4. The van der Waals surface area contributed by atoms with Gasteiger partial charge in [-0.2, -0.15) is 0 Å². The van der Waals surface area contributed by atoms with Crippen molar-refractivity contribution in [3.63, 3.8) is 0 Å². The van der Waals surface area contributed by atoms with E-state index in [1.165, 1.54) is 75.4 Å². The monoisotopic (exact) mass is 430 g/mol. The van der Waals surface area contributed by atoms with Crippen LogP contribution < -0.4 is 0 Å². The van der Waals surface area contributed by atoms with Gasteiger partial charge in [0.05, 0.1) is 0 Å². The lowest BCUT2D eigenvalue weighted by Crippen LogP contribution is -2.36. The van der Waals surface area contributed by atoms with Crippen LogP contribution in [0.15, 0.2) is 35.5 Å². The van der Waals surface area contributed by atoms with Gasteiger partial charge in [-0.05, 0) is 97.0 Å². The van der Waals surface area contributed by atoms with Crippen LogP contribution in [-0.2, 0) is 0 Å². The minimum atomic E-state index is 0. The molecule has 0 radical (unpaired) electrons. The van der Waals surface area contributed by atoms with E-state index in [1.807, 2.05) is 13.8 Å². The Morgan fingerprint density at radius 2 is 1.81 bits per heavy atom. The van der Waals surface area contributed by atoms with E-state index in [1.54, 1.807) is 5.57 Å². The molecule has 0 saturated heterocycles. The van der Waals surface area contributed by atoms with Crippen molar-refractivity contribution in [1.29, 1.82) is 0 Å². The summed E-state index contributed by atoms with van der Waals surface area (Å²) in [5.41, 5.74) is 5.25. The van der Waals surface area contributed by atoms with Crippen LogP contribution >= 0.6 is 0 Å². The number of rotatable bonds is 6. The van der Waals surface area contributed by atoms with Crippen LogP contribution in [0.5, 0.6) is 0 Å². The second-order valence-electron chi connectivity index (χ2n) is 11.8. The van der Waals surface area contributed by atoms with Crippen molar-refractivity contribution in [2.75, 3.05) is 0 Å². The van der Waals surface area contributed by atoms with Crippen LogP contribution in [0.3, 0.4) is 0 Å². The zero-order valence-electron chi connectivity index (χ0n) is 22.4. The average Bonchev–Trinajstić information content (AvgIpc) is 3.08. The Hall–Kier alpha value is -0.780. The van der Waals surface area contributed by atoms with Gasteiger partial charge in [-0.25, -0.2) is 0 Å². The highest BCUT2D eigenvalue weighted by atomic mass is 14.5. The molecule has 0 bridgehead atoms. The standard InChI is InChI=1S/C29H48.C2H6.2H2/c1-20(2)10-8-11-22(4)27-15-16-28-25(12-9-17-29(27,28)7)13-14-26-19-21(3)18-23(5)24(26)6;1-2;;/h13-14,20-23,27-28H,6,8-12,15-19H2,1-5,7H3;1-2H3;2*1H/b25-13+,26-14-;;;/t21-,22+,23-,27+,28-,29+;;;/m0.../s1. The first-order chi connectivity index (χ1) is 14.7. The second-order valence-corrected chi connectivity index (χ2v) is 11.8. The molecule has 0 amide bonds. The molecule has 0 N–H and O–H groups in total. The van der Waals surface area contributed by atoms with Gasteiger partial charge in [0.2, 0.25) is 0 Å². The van der Waals surface area contributed by atoms with E-state index in [0.29, 0.717) is 11.3 Å². The predicted octanol–water partition coefficient (Wildman–Crippen LogP) is 10.7. The lowest BCUT2D eigenvalue weighted by Gasteiger charge is -2.44. The van der Waals surface area contributed by atoms with Gasteiger partial charge in [0.1, 0.15) is 0 Å². The molecule has 3 aliphatic rings. The van der Waals surface area contributed by atoms with Crippen LogP contribution in [0.2, 0.25) is 0 Å². The molecule has 182 valence electrons. The fraction of sp³-hybridized carbons (Fsp3) is 0.806. The maximum absolute atomic E-state index is 4.43. The largest absolute Gasteiger partial charge is 0.0953 e. The van der Waals surface area contributed by atoms with Gasteiger partial charge in [0, 0.05) is 2.85 Å². The maximum atomic E-state index is 4.43. The van der Waals surface area contributed by atoms with Gasteiger partial charge in [-0.1, -0.05) is 99.0 Å². The Kier molecular flexibility index (Phi) is 10.2. The molecule has 0 aromatic heterocycles. The molecule has 3 rings (SSSR count). The van der Waals surface area contributed by atoms with E-state index in [-0.39, 0.29) is 2.85 Å². The topological polar surface area (TPSA) is 0 Å². The fourth-order valence-electron chi connectivity index (χ4n) is 7.30. The van der Waals surface area contributed by atoms with Crippen molar-refractivity contribution in [3.05, 3.63) is 35.5 Å². The maximum Gasteiger partial charge on any atom is 0 e. The summed E-state index contributed by atoms with van der Waals surface area (Å²) in [6.07, 6.45) is 18.9. The quantitative estimate of drug-likeness (QED) is 0.393. The molecule has 3 fully saturated rings. The summed E-state index contributed by atoms with van der Waals surface area (Å²) in [5.74, 6) is 4.97. The summed E-state index contributed by atoms with van der Waals surface area (Å²) >= 11 is 0. The third kappa shape index (κ3) is 6.39. The van der Waals surface area contributed by atoms with Crippen LogP contribution in [0.4, 0.5) is 0 Å². The van der Waals surface area contributed by atoms with Crippen LogP contribution in [0.1, 0.15) is 122 Å². The molecule has 0 spiro atoms. The first kappa shape index (κ1) is 26.5. The van der Waals surface area contributed by atoms with Gasteiger partial charge in [-0.15, -0.1) is 0 Å². The number of hydrogen-bond acceptors (Lipinski definition) is 0. The Balaban J connectivity index is 0.00000249. The molecule has 0 nitrogen and oxygen atoms in total. The summed E-state index contributed by atoms with van der Waals surface area (Å²) in [6, 6.07) is 0. The predicted molar refractivity (Wildman–Crippen MR) is 144 cm³/mol. The smallest absolute Gasteiger partial charge is 0 e. The molecule has 3 aliphatic carbocycles. The molecule has 31 heavy (non-hydrogen) atoms. The number of hydrogen-bond donors (Lipinski definition) is 0. The van der Waals surface area contributed by atoms with Crippen molar-refractivity contribution in [1.82, 2.24) is 0 Å². The molecule has 0 heteroatoms. The minimum Gasteiger partial charge on any atom is -0.0953 e. The van der Waals surface area contributed by atoms with Gasteiger partial charge in [0.15, 0.2) is 0 Å². The van der Waals surface area contributed by atoms with Crippen LogP contribution in [-0.4, -0.2) is 0 Å². The van der Waals surface area contributed by atoms with E-state index in [0.717, 1.165) is 29.6 Å². The highest BCUT2D eigenvalue weighted by Gasteiger charge is 2.50. The van der Waals surface area contributed by atoms with Crippen molar-refractivity contribution < 1.29 is 2.85 Å². The minimum absolute atomic E-state index is 0. The highest BCUT2D eigenvalue weighted by Crippen LogP contribution is 2.60. The Bertz CT molecular complexity index is 643. The first-order valence-corrected chi connectivity index (χ1v) is 13.8. The fourth-order valence-corrected chi connectivity index (χ4v) is 7.30. The molecule has 0 unspecified atom stereocenters. The van der Waals surface area contributed by atoms with Crippen molar-refractivity contribution in [2.24, 2.45) is 40.9 Å². The molecule has 6 atom stereocenters. The van der Waals surface area contributed by atoms with Gasteiger partial charge in [0.25, 0.3) is 0 Å². The Labute approximate surface area is 199 Å². The van der Waals surface area contributed by atoms with E-state index in [4.69, 9.17) is 0 Å². The number of allylic oxidation sites excluding steroid dienone is 5. The van der Waals surface area contributed by atoms with E-state index in [2.05, 4.69) is 60.3 Å². The third-order valence-electron chi connectivity index (χ3n) is 9.00. The summed E-state index contributed by atoms with van der Waals surface area (Å²) in [5, 5.41) is 0. The molecule has 0 aromatic rings. The SMILES string of the molecule is C=C1/C(=C\C=C2/CCC[C@]3(C)[C@@H]([C@H](C)CCCC(C)C)CC[C@@H]23)C[C@@H](C)C[C@@H]1C.CC.[HH].[HH]. The summed E-state index contributed by atoms with van der Waals surface area (Å²) in [6.45, 7) is 23.1. The highest BCUT2D eigenvalue weighted by molar-refractivity contribution is 5.37. The molecular weight excluding hydrogens is 372 g/mol. The van der Waals surface area contributed by atoms with E-state index >= 15 is 0 Å². The van der Waals surface area contributed by atoms with Crippen molar-refractivity contribution in [3.8, 4) is 0 Å². The van der Waals surface area contributed by atoms with E-state index in [9.17, 15) is 0 Å². The Morgan fingerprint density at radius 3 is 2.48 bits per heavy atom. The first-order valence-electron chi connectivity index (χ1n) is 13.8. The molecule has 3 saturated carbocycles. The summed E-state index contributed by atoms with van der Waals surface area (Å²) in [7, 11) is 0. The number of fused-ring (bicyclic) bond motifs is 1. The zero-order chi connectivity index (χ0) is 23.2. The summed E-state index contributed by atoms with van der Waals surface area (Å²) in [4.78, 5) is 0. The van der Waals surface area contributed by atoms with Crippen LogP contribution in [0.25, 0.3) is 0 Å². The van der Waals surface area contributed by atoms with Crippen LogP contribution in [0, 0.1) is 40.9 Å². The second kappa shape index (κ2) is 11.9. The van der Waals surface area contributed by atoms with E-state index < -0.39 is 0 Å². The normalized spacial score (nSPS) is 37.0. The third-order valence-corrected chi connectivity index (χ3v) is 9.00. The van der Waals surface area contributed by atoms with Crippen molar-refractivity contribution >= 4 is 0 Å². The molecule has 0 heterocycles. The summed E-state index contributed by atoms with van der Waals surface area (Å²) < 4.78 is 0. The lowest BCUT2D eigenvalue weighted by atomic mass is 9.60. The van der Waals surface area contributed by atoms with Crippen molar-refractivity contribution in [2.45, 2.75) is 120 Å². The molecular formula is C31H58. The molecule has 0 aliphatic heterocycles. The van der Waals surface area contributed by atoms with Gasteiger partial charge >= 0.3 is 0 Å². The van der Waals surface area contributed by atoms with Gasteiger partial charge < -0.3 is 0 Å². The Morgan fingerprint density at radius 1 is 1.10 bits per heavy atom. The molecule has 0 aromatic carbocycles. The van der Waals surface area contributed by atoms with Gasteiger partial charge in [-0.3, -0.25) is 0 Å². The lowest BCUT2D eigenvalue weighted by molar-refractivity contribution is 0.0929. The average molecular weight is 431 g/mol.